The molecule has 1 aromatic rings. The highest BCUT2D eigenvalue weighted by molar-refractivity contribution is 6.33. The van der Waals surface area contributed by atoms with Crippen LogP contribution in [0.15, 0.2) is 24.3 Å². The minimum Gasteiger partial charge on any atom is -0.381 e. The molecule has 1 aliphatic heterocycles. The van der Waals surface area contributed by atoms with E-state index in [4.69, 9.17) is 16.3 Å². The molecule has 1 unspecified atom stereocenters. The van der Waals surface area contributed by atoms with Gasteiger partial charge in [0.1, 0.15) is 0 Å². The van der Waals surface area contributed by atoms with E-state index in [1.54, 1.807) is 17.0 Å². The Kier molecular flexibility index (Phi) is 4.02. The molecule has 1 atom stereocenters. The number of nitrogens with zero attached hydrogens (tertiary/aromatic N) is 1. The van der Waals surface area contributed by atoms with E-state index in [1.807, 2.05) is 19.2 Å². The molecule has 0 N–H and O–H groups in total. The van der Waals surface area contributed by atoms with Crippen LogP contribution in [-0.2, 0) is 4.74 Å². The highest BCUT2D eigenvalue weighted by Crippen LogP contribution is 2.19. The Morgan fingerprint density at radius 1 is 1.53 bits per heavy atom. The topological polar surface area (TPSA) is 29.5 Å². The van der Waals surface area contributed by atoms with E-state index in [0.29, 0.717) is 16.5 Å². The fourth-order valence-electron chi connectivity index (χ4n) is 2.04. The van der Waals surface area contributed by atoms with Crippen molar-refractivity contribution in [3.05, 3.63) is 34.9 Å². The highest BCUT2D eigenvalue weighted by Gasteiger charge is 2.21. The molecule has 1 heterocycles. The summed E-state index contributed by atoms with van der Waals surface area (Å²) in [5.41, 5.74) is 0.565. The van der Waals surface area contributed by atoms with Gasteiger partial charge in [-0.25, -0.2) is 0 Å². The second kappa shape index (κ2) is 5.52. The average molecular weight is 254 g/mol. The molecule has 4 heteroatoms. The summed E-state index contributed by atoms with van der Waals surface area (Å²) < 4.78 is 5.30. The molecule has 0 aromatic heterocycles. The number of hydrogen-bond acceptors (Lipinski definition) is 2. The molecule has 1 aromatic carbocycles. The van der Waals surface area contributed by atoms with Gasteiger partial charge in [-0.05, 0) is 18.6 Å². The maximum atomic E-state index is 12.2. The molecule has 2 rings (SSSR count). The third-order valence-electron chi connectivity index (χ3n) is 3.01. The Morgan fingerprint density at radius 2 is 2.29 bits per heavy atom. The maximum Gasteiger partial charge on any atom is 0.255 e. The van der Waals surface area contributed by atoms with Gasteiger partial charge in [0.25, 0.3) is 5.91 Å². The number of carbonyl (C=O) groups is 1. The van der Waals surface area contributed by atoms with Gasteiger partial charge in [0.05, 0.1) is 17.2 Å². The van der Waals surface area contributed by atoms with Crippen LogP contribution in [0.4, 0.5) is 0 Å². The van der Waals surface area contributed by atoms with Crippen molar-refractivity contribution in [1.82, 2.24) is 4.90 Å². The first-order valence-corrected chi connectivity index (χ1v) is 6.14. The van der Waals surface area contributed by atoms with Gasteiger partial charge < -0.3 is 9.64 Å². The number of halogens is 1. The zero-order valence-corrected chi connectivity index (χ0v) is 10.6. The molecule has 1 saturated heterocycles. The Morgan fingerprint density at radius 3 is 2.94 bits per heavy atom. The lowest BCUT2D eigenvalue weighted by atomic mass is 10.1. The maximum absolute atomic E-state index is 12.2. The smallest absolute Gasteiger partial charge is 0.255 e. The summed E-state index contributed by atoms with van der Waals surface area (Å²) in [4.78, 5) is 13.9. The SMILES string of the molecule is CN(CC1CCOC1)C(=O)c1ccccc1Cl. The van der Waals surface area contributed by atoms with Gasteiger partial charge in [-0.1, -0.05) is 23.7 Å². The lowest BCUT2D eigenvalue weighted by Crippen LogP contribution is -2.32. The lowest BCUT2D eigenvalue weighted by molar-refractivity contribution is 0.0766. The third-order valence-corrected chi connectivity index (χ3v) is 3.34. The predicted molar refractivity (Wildman–Crippen MR) is 67.3 cm³/mol. The fraction of sp³-hybridized carbons (Fsp3) is 0.462. The zero-order chi connectivity index (χ0) is 12.3. The van der Waals surface area contributed by atoms with Gasteiger partial charge in [-0.15, -0.1) is 0 Å². The second-order valence-electron chi connectivity index (χ2n) is 4.40. The number of amides is 1. The molecule has 0 aliphatic carbocycles. The summed E-state index contributed by atoms with van der Waals surface area (Å²) in [6.45, 7) is 2.28. The quantitative estimate of drug-likeness (QED) is 0.828. The van der Waals surface area contributed by atoms with E-state index in [2.05, 4.69) is 0 Å². The Balaban J connectivity index is 2.01. The van der Waals surface area contributed by atoms with Crippen LogP contribution in [0.25, 0.3) is 0 Å². The number of carbonyl (C=O) groups excluding carboxylic acids is 1. The third kappa shape index (κ3) is 2.99. The number of hydrogen-bond donors (Lipinski definition) is 0. The first kappa shape index (κ1) is 12.4. The number of ether oxygens (including phenoxy) is 1. The standard InChI is InChI=1S/C13H16ClNO2/c1-15(8-10-6-7-17-9-10)13(16)11-4-2-3-5-12(11)14/h2-5,10H,6-9H2,1H3. The van der Waals surface area contributed by atoms with E-state index in [-0.39, 0.29) is 5.91 Å². The monoisotopic (exact) mass is 253 g/mol. The van der Waals surface area contributed by atoms with Crippen molar-refractivity contribution in [2.45, 2.75) is 6.42 Å². The van der Waals surface area contributed by atoms with Gasteiger partial charge in [0.2, 0.25) is 0 Å². The minimum absolute atomic E-state index is 0.0255. The molecule has 1 amide bonds. The lowest BCUT2D eigenvalue weighted by Gasteiger charge is -2.20. The van der Waals surface area contributed by atoms with Crippen LogP contribution in [0.5, 0.6) is 0 Å². The molecular formula is C13H16ClNO2. The normalized spacial score (nSPS) is 19.3. The van der Waals surface area contributed by atoms with Crippen LogP contribution in [0.2, 0.25) is 5.02 Å². The summed E-state index contributed by atoms with van der Waals surface area (Å²) in [6.07, 6.45) is 1.03. The Bertz CT molecular complexity index is 402. The van der Waals surface area contributed by atoms with Crippen LogP contribution in [-0.4, -0.2) is 37.6 Å². The van der Waals surface area contributed by atoms with E-state index in [0.717, 1.165) is 26.2 Å². The Labute approximate surface area is 106 Å². The first-order chi connectivity index (χ1) is 8.18. The van der Waals surface area contributed by atoms with Crippen molar-refractivity contribution in [3.63, 3.8) is 0 Å². The molecule has 0 bridgehead atoms. The van der Waals surface area contributed by atoms with Gasteiger partial charge in [-0.3, -0.25) is 4.79 Å². The number of benzene rings is 1. The molecule has 1 fully saturated rings. The minimum atomic E-state index is -0.0255. The largest absolute Gasteiger partial charge is 0.381 e. The fourth-order valence-corrected chi connectivity index (χ4v) is 2.25. The summed E-state index contributed by atoms with van der Waals surface area (Å²) >= 11 is 6.01. The second-order valence-corrected chi connectivity index (χ2v) is 4.80. The van der Waals surface area contributed by atoms with Crippen LogP contribution in [0.1, 0.15) is 16.8 Å². The van der Waals surface area contributed by atoms with Crippen molar-refractivity contribution in [1.29, 1.82) is 0 Å². The van der Waals surface area contributed by atoms with E-state index in [9.17, 15) is 4.79 Å². The van der Waals surface area contributed by atoms with Gasteiger partial charge in [-0.2, -0.15) is 0 Å². The van der Waals surface area contributed by atoms with Crippen molar-refractivity contribution >= 4 is 17.5 Å². The van der Waals surface area contributed by atoms with Crippen LogP contribution < -0.4 is 0 Å². The molecule has 17 heavy (non-hydrogen) atoms. The van der Waals surface area contributed by atoms with Crippen molar-refractivity contribution in [2.75, 3.05) is 26.8 Å². The average Bonchev–Trinajstić information content (AvgIpc) is 2.81. The van der Waals surface area contributed by atoms with Crippen molar-refractivity contribution in [2.24, 2.45) is 5.92 Å². The van der Waals surface area contributed by atoms with Gasteiger partial charge in [0.15, 0.2) is 0 Å². The number of rotatable bonds is 3. The molecule has 1 aliphatic rings. The summed E-state index contributed by atoms with van der Waals surface area (Å²) in [7, 11) is 1.81. The molecule has 0 radical (unpaired) electrons. The van der Waals surface area contributed by atoms with E-state index >= 15 is 0 Å². The summed E-state index contributed by atoms with van der Waals surface area (Å²) in [5.74, 6) is 0.425. The van der Waals surface area contributed by atoms with Gasteiger partial charge >= 0.3 is 0 Å². The van der Waals surface area contributed by atoms with E-state index in [1.165, 1.54) is 0 Å². The van der Waals surface area contributed by atoms with Crippen LogP contribution in [0, 0.1) is 5.92 Å². The molecule has 0 saturated carbocycles. The highest BCUT2D eigenvalue weighted by atomic mass is 35.5. The van der Waals surface area contributed by atoms with Crippen LogP contribution >= 0.6 is 11.6 Å². The van der Waals surface area contributed by atoms with Crippen LogP contribution in [0.3, 0.4) is 0 Å². The van der Waals surface area contributed by atoms with Crippen molar-refractivity contribution < 1.29 is 9.53 Å². The first-order valence-electron chi connectivity index (χ1n) is 5.76. The molecule has 0 spiro atoms. The molecular weight excluding hydrogens is 238 g/mol. The predicted octanol–water partition coefficient (Wildman–Crippen LogP) is 2.45. The summed E-state index contributed by atoms with van der Waals surface area (Å²) in [6, 6.07) is 7.14. The molecule has 3 nitrogen and oxygen atoms in total. The summed E-state index contributed by atoms with van der Waals surface area (Å²) in [5, 5.41) is 0.507. The van der Waals surface area contributed by atoms with Crippen molar-refractivity contribution in [3.8, 4) is 0 Å². The zero-order valence-electron chi connectivity index (χ0n) is 9.86. The Hall–Kier alpha value is -1.06. The molecule has 92 valence electrons. The van der Waals surface area contributed by atoms with Gasteiger partial charge in [0, 0.05) is 26.1 Å². The van der Waals surface area contributed by atoms with E-state index < -0.39 is 0 Å².